The van der Waals surface area contributed by atoms with Crippen LogP contribution in [-0.4, -0.2) is 19.7 Å². The van der Waals surface area contributed by atoms with Crippen LogP contribution in [0.4, 0.5) is 0 Å². The molecule has 0 amide bonds. The summed E-state index contributed by atoms with van der Waals surface area (Å²) in [6.45, 7) is 3.92. The summed E-state index contributed by atoms with van der Waals surface area (Å²) < 4.78 is 2.09. The molecule has 0 aliphatic carbocycles. The Morgan fingerprint density at radius 1 is 1.25 bits per heavy atom. The van der Waals surface area contributed by atoms with Crippen LogP contribution in [0.5, 0.6) is 0 Å². The van der Waals surface area contributed by atoms with Crippen LogP contribution in [0, 0.1) is 0 Å². The molecule has 3 rings (SSSR count). The van der Waals surface area contributed by atoms with E-state index >= 15 is 0 Å². The van der Waals surface area contributed by atoms with Crippen molar-refractivity contribution in [3.8, 4) is 5.69 Å². The molecule has 2 heterocycles. The molecular formula is C15H12Cl3IN4O. The lowest BCUT2D eigenvalue weighted by Crippen LogP contribution is -2.12. The SMILES string of the molecule is CC(C)c1nn(-c2c(Cl)cc(Cl)cc2Cl)c2nc(CI)[nH]c(=O)c12. The molecule has 0 radical (unpaired) electrons. The average Bonchev–Trinajstić information content (AvgIpc) is 2.86. The summed E-state index contributed by atoms with van der Waals surface area (Å²) in [5, 5.41) is 6.11. The Labute approximate surface area is 166 Å². The number of nitrogens with zero attached hydrogens (tertiary/aromatic N) is 3. The van der Waals surface area contributed by atoms with Crippen molar-refractivity contribution in [3.63, 3.8) is 0 Å². The number of nitrogens with one attached hydrogen (secondary N) is 1. The Bertz CT molecular complexity index is 973. The molecule has 5 nitrogen and oxygen atoms in total. The Morgan fingerprint density at radius 2 is 1.88 bits per heavy atom. The largest absolute Gasteiger partial charge is 0.309 e. The van der Waals surface area contributed by atoms with Crippen LogP contribution in [-0.2, 0) is 4.43 Å². The van der Waals surface area contributed by atoms with E-state index in [4.69, 9.17) is 34.8 Å². The van der Waals surface area contributed by atoms with Gasteiger partial charge in [0.15, 0.2) is 5.65 Å². The fourth-order valence-corrected chi connectivity index (χ4v) is 3.79. The lowest BCUT2D eigenvalue weighted by molar-refractivity contribution is 0.776. The van der Waals surface area contributed by atoms with E-state index in [9.17, 15) is 4.79 Å². The van der Waals surface area contributed by atoms with Gasteiger partial charge in [0.05, 0.1) is 20.2 Å². The second-order valence-electron chi connectivity index (χ2n) is 5.51. The normalized spacial score (nSPS) is 11.6. The molecule has 0 saturated carbocycles. The van der Waals surface area contributed by atoms with Gasteiger partial charge in [-0.25, -0.2) is 9.67 Å². The molecule has 9 heteroatoms. The first-order valence-electron chi connectivity index (χ1n) is 7.06. The summed E-state index contributed by atoms with van der Waals surface area (Å²) >= 11 is 20.8. The predicted molar refractivity (Wildman–Crippen MR) is 106 cm³/mol. The molecule has 0 saturated heterocycles. The molecule has 1 N–H and O–H groups in total. The topological polar surface area (TPSA) is 63.6 Å². The summed E-state index contributed by atoms with van der Waals surface area (Å²) in [5.74, 6) is 0.595. The van der Waals surface area contributed by atoms with Gasteiger partial charge >= 0.3 is 0 Å². The van der Waals surface area contributed by atoms with Gasteiger partial charge in [-0.05, 0) is 18.1 Å². The molecule has 0 aliphatic rings. The van der Waals surface area contributed by atoms with Crippen molar-refractivity contribution >= 4 is 68.4 Å². The fraction of sp³-hybridized carbons (Fsp3) is 0.267. The minimum atomic E-state index is -0.220. The van der Waals surface area contributed by atoms with Gasteiger partial charge in [-0.2, -0.15) is 5.10 Å². The number of H-pyrrole nitrogens is 1. The average molecular weight is 498 g/mol. The lowest BCUT2D eigenvalue weighted by atomic mass is 10.1. The van der Waals surface area contributed by atoms with Crippen molar-refractivity contribution in [2.24, 2.45) is 0 Å². The predicted octanol–water partition coefficient (Wildman–Crippen LogP) is 5.13. The highest BCUT2D eigenvalue weighted by atomic mass is 127. The van der Waals surface area contributed by atoms with Gasteiger partial charge in [-0.3, -0.25) is 4.79 Å². The van der Waals surface area contributed by atoms with Gasteiger partial charge in [0.1, 0.15) is 16.9 Å². The highest BCUT2D eigenvalue weighted by molar-refractivity contribution is 14.1. The Kier molecular flexibility index (Phi) is 5.11. The smallest absolute Gasteiger partial charge is 0.262 e. The molecule has 3 aromatic rings. The Hall–Kier alpha value is -0.830. The van der Waals surface area contributed by atoms with E-state index in [1.807, 2.05) is 13.8 Å². The second-order valence-corrected chi connectivity index (χ2v) is 7.53. The molecule has 1 aromatic carbocycles. The molecule has 0 unspecified atom stereocenters. The Balaban J connectivity index is 2.45. The summed E-state index contributed by atoms with van der Waals surface area (Å²) in [6, 6.07) is 3.17. The third kappa shape index (κ3) is 3.05. The Morgan fingerprint density at radius 3 is 2.42 bits per heavy atom. The molecule has 0 aliphatic heterocycles. The second kappa shape index (κ2) is 6.82. The van der Waals surface area contributed by atoms with E-state index in [0.29, 0.717) is 47.7 Å². The molecular weight excluding hydrogens is 485 g/mol. The van der Waals surface area contributed by atoms with Crippen molar-refractivity contribution in [3.05, 3.63) is 49.1 Å². The zero-order valence-electron chi connectivity index (χ0n) is 12.7. The lowest BCUT2D eigenvalue weighted by Gasteiger charge is -2.09. The zero-order valence-corrected chi connectivity index (χ0v) is 17.1. The number of fused-ring (bicyclic) bond motifs is 1. The first-order valence-corrected chi connectivity index (χ1v) is 9.72. The van der Waals surface area contributed by atoms with Crippen LogP contribution in [0.1, 0.15) is 31.3 Å². The van der Waals surface area contributed by atoms with Crippen LogP contribution < -0.4 is 5.56 Å². The molecule has 2 aromatic heterocycles. The van der Waals surface area contributed by atoms with Gasteiger partial charge in [-0.15, -0.1) is 0 Å². The zero-order chi connectivity index (χ0) is 17.6. The van der Waals surface area contributed by atoms with Crippen molar-refractivity contribution in [2.75, 3.05) is 0 Å². The summed E-state index contributed by atoms with van der Waals surface area (Å²) in [7, 11) is 0. The minimum Gasteiger partial charge on any atom is -0.309 e. The number of alkyl halides is 1. The van der Waals surface area contributed by atoms with Crippen molar-refractivity contribution < 1.29 is 0 Å². The number of benzene rings is 1. The van der Waals surface area contributed by atoms with Crippen molar-refractivity contribution in [1.82, 2.24) is 19.7 Å². The quantitative estimate of drug-likeness (QED) is 0.403. The van der Waals surface area contributed by atoms with Gasteiger partial charge in [-0.1, -0.05) is 71.2 Å². The molecule has 24 heavy (non-hydrogen) atoms. The molecule has 0 atom stereocenters. The fourth-order valence-electron chi connectivity index (χ4n) is 2.46. The summed E-state index contributed by atoms with van der Waals surface area (Å²) in [5.41, 5.74) is 1.31. The first kappa shape index (κ1) is 18.0. The summed E-state index contributed by atoms with van der Waals surface area (Å²) in [6.07, 6.45) is 0. The number of aromatic amines is 1. The van der Waals surface area contributed by atoms with E-state index in [1.54, 1.807) is 12.1 Å². The molecule has 0 bridgehead atoms. The maximum Gasteiger partial charge on any atom is 0.262 e. The van der Waals surface area contributed by atoms with Gasteiger partial charge in [0, 0.05) is 5.02 Å². The first-order chi connectivity index (χ1) is 11.3. The standard InChI is InChI=1S/C15H12Cl3IN4O/c1-6(2)12-11-14(20-10(5-19)21-15(11)24)23(22-12)13-8(17)3-7(16)4-9(13)18/h3-4,6H,5H2,1-2H3,(H,20,21,24). The highest BCUT2D eigenvalue weighted by Crippen LogP contribution is 2.34. The van der Waals surface area contributed by atoms with Gasteiger partial charge in [0.25, 0.3) is 5.56 Å². The third-order valence-corrected chi connectivity index (χ3v) is 5.00. The number of hydrogen-bond donors (Lipinski definition) is 1. The maximum atomic E-state index is 12.5. The van der Waals surface area contributed by atoms with E-state index in [-0.39, 0.29) is 11.5 Å². The molecule has 0 spiro atoms. The van der Waals surface area contributed by atoms with E-state index in [2.05, 4.69) is 37.7 Å². The van der Waals surface area contributed by atoms with Crippen LogP contribution in [0.25, 0.3) is 16.7 Å². The van der Waals surface area contributed by atoms with Crippen molar-refractivity contribution in [1.29, 1.82) is 0 Å². The highest BCUT2D eigenvalue weighted by Gasteiger charge is 2.22. The number of halogens is 4. The van der Waals surface area contributed by atoms with Crippen LogP contribution >= 0.6 is 57.4 Å². The minimum absolute atomic E-state index is 0.0342. The van der Waals surface area contributed by atoms with E-state index in [0.717, 1.165) is 0 Å². The monoisotopic (exact) mass is 496 g/mol. The number of hydrogen-bond acceptors (Lipinski definition) is 3. The van der Waals surface area contributed by atoms with E-state index in [1.165, 1.54) is 4.68 Å². The van der Waals surface area contributed by atoms with Crippen LogP contribution in [0.2, 0.25) is 15.1 Å². The third-order valence-electron chi connectivity index (χ3n) is 3.48. The summed E-state index contributed by atoms with van der Waals surface area (Å²) in [4.78, 5) is 19.8. The maximum absolute atomic E-state index is 12.5. The van der Waals surface area contributed by atoms with E-state index < -0.39 is 0 Å². The number of aromatic nitrogens is 4. The molecule has 126 valence electrons. The van der Waals surface area contributed by atoms with Crippen molar-refractivity contribution in [2.45, 2.75) is 24.2 Å². The van der Waals surface area contributed by atoms with Crippen LogP contribution in [0.3, 0.4) is 0 Å². The van der Waals surface area contributed by atoms with Gasteiger partial charge < -0.3 is 4.98 Å². The van der Waals surface area contributed by atoms with Gasteiger partial charge in [0.2, 0.25) is 0 Å². The molecule has 0 fully saturated rings. The van der Waals surface area contributed by atoms with Crippen LogP contribution in [0.15, 0.2) is 16.9 Å². The number of rotatable bonds is 3.